The number of aromatic nitrogens is 2. The van der Waals surface area contributed by atoms with Crippen molar-refractivity contribution in [2.24, 2.45) is 5.73 Å². The number of rotatable bonds is 2. The van der Waals surface area contributed by atoms with Gasteiger partial charge in [-0.2, -0.15) is 13.2 Å². The largest absolute Gasteiger partial charge is 0.445 e. The van der Waals surface area contributed by atoms with Crippen molar-refractivity contribution in [2.45, 2.75) is 19.1 Å². The first-order valence-electron chi connectivity index (χ1n) is 3.78. The Hall–Kier alpha value is -1.22. The van der Waals surface area contributed by atoms with Crippen LogP contribution in [0.15, 0.2) is 0 Å². The number of halogens is 3. The van der Waals surface area contributed by atoms with Gasteiger partial charge in [-0.25, -0.2) is 0 Å². The van der Waals surface area contributed by atoms with Gasteiger partial charge in [0.05, 0.1) is 6.04 Å². The molecule has 0 unspecified atom stereocenters. The van der Waals surface area contributed by atoms with Gasteiger partial charge in [0.1, 0.15) is 0 Å². The predicted octanol–water partition coefficient (Wildman–Crippen LogP) is 0.843. The molecule has 9 heteroatoms. The van der Waals surface area contributed by atoms with Gasteiger partial charge >= 0.3 is 6.18 Å². The van der Waals surface area contributed by atoms with E-state index in [1.165, 1.54) is 6.92 Å². The van der Waals surface area contributed by atoms with Crippen molar-refractivity contribution in [3.8, 4) is 0 Å². The van der Waals surface area contributed by atoms with Crippen molar-refractivity contribution >= 4 is 22.4 Å². The van der Waals surface area contributed by atoms with Crippen LogP contribution in [0.25, 0.3) is 0 Å². The summed E-state index contributed by atoms with van der Waals surface area (Å²) in [5, 5.41) is 6.84. The number of alkyl halides is 3. The molecule has 1 heterocycles. The molecule has 0 aliphatic rings. The highest BCUT2D eigenvalue weighted by Gasteiger charge is 2.35. The standard InChI is InChI=1S/C6H7F3N4OS/c1-2(10)3(14)11-5-13-12-4(15-5)6(7,8)9/h2H,10H2,1H3,(H,11,13,14)/t2-/m0/s1. The van der Waals surface area contributed by atoms with Crippen molar-refractivity contribution in [2.75, 3.05) is 5.32 Å². The summed E-state index contributed by atoms with van der Waals surface area (Å²) in [7, 11) is 0. The SMILES string of the molecule is C[C@H](N)C(=O)Nc1nnc(C(F)(F)F)s1. The number of amides is 1. The highest BCUT2D eigenvalue weighted by atomic mass is 32.1. The van der Waals surface area contributed by atoms with Gasteiger partial charge in [-0.3, -0.25) is 10.1 Å². The third-order valence-corrected chi connectivity index (χ3v) is 2.19. The maximum atomic E-state index is 12.1. The summed E-state index contributed by atoms with van der Waals surface area (Å²) in [6.45, 7) is 1.40. The molecule has 15 heavy (non-hydrogen) atoms. The Labute approximate surface area is 86.5 Å². The molecule has 1 amide bonds. The third kappa shape index (κ3) is 3.13. The molecule has 1 rings (SSSR count). The zero-order chi connectivity index (χ0) is 11.6. The van der Waals surface area contributed by atoms with E-state index in [1.54, 1.807) is 0 Å². The van der Waals surface area contributed by atoms with E-state index in [-0.39, 0.29) is 16.5 Å². The molecular weight excluding hydrogens is 233 g/mol. The van der Waals surface area contributed by atoms with Gasteiger partial charge in [0.25, 0.3) is 0 Å². The Bertz CT molecular complexity index is 362. The Morgan fingerprint density at radius 2 is 2.13 bits per heavy atom. The van der Waals surface area contributed by atoms with E-state index < -0.39 is 23.1 Å². The van der Waals surface area contributed by atoms with Crippen LogP contribution in [-0.4, -0.2) is 22.1 Å². The minimum absolute atomic E-state index is 0.218. The lowest BCUT2D eigenvalue weighted by Crippen LogP contribution is -2.32. The van der Waals surface area contributed by atoms with Crippen LogP contribution in [0.3, 0.4) is 0 Å². The molecule has 3 N–H and O–H groups in total. The average Bonchev–Trinajstić information content (AvgIpc) is 2.51. The van der Waals surface area contributed by atoms with E-state index in [2.05, 4.69) is 15.5 Å². The fourth-order valence-electron chi connectivity index (χ4n) is 0.608. The lowest BCUT2D eigenvalue weighted by molar-refractivity contribution is -0.138. The molecule has 0 fully saturated rings. The second kappa shape index (κ2) is 4.11. The van der Waals surface area contributed by atoms with Crippen LogP contribution in [-0.2, 0) is 11.0 Å². The average molecular weight is 240 g/mol. The minimum Gasteiger partial charge on any atom is -0.320 e. The normalized spacial score (nSPS) is 13.7. The van der Waals surface area contributed by atoms with E-state index >= 15 is 0 Å². The van der Waals surface area contributed by atoms with Gasteiger partial charge in [0.15, 0.2) is 0 Å². The van der Waals surface area contributed by atoms with Crippen LogP contribution in [0, 0.1) is 0 Å². The van der Waals surface area contributed by atoms with Crippen molar-refractivity contribution < 1.29 is 18.0 Å². The number of hydrogen-bond acceptors (Lipinski definition) is 5. The zero-order valence-corrected chi connectivity index (χ0v) is 8.32. The second-order valence-corrected chi connectivity index (χ2v) is 3.67. The smallest absolute Gasteiger partial charge is 0.320 e. The van der Waals surface area contributed by atoms with Gasteiger partial charge in [-0.1, -0.05) is 11.3 Å². The van der Waals surface area contributed by atoms with Crippen LogP contribution >= 0.6 is 11.3 Å². The fourth-order valence-corrected chi connectivity index (χ4v) is 1.22. The number of anilines is 1. The number of hydrogen-bond donors (Lipinski definition) is 2. The summed E-state index contributed by atoms with van der Waals surface area (Å²) in [5.41, 5.74) is 5.20. The number of nitrogens with zero attached hydrogens (tertiary/aromatic N) is 2. The predicted molar refractivity (Wildman–Crippen MR) is 47.2 cm³/mol. The third-order valence-electron chi connectivity index (χ3n) is 1.31. The Balaban J connectivity index is 2.73. The molecule has 0 saturated heterocycles. The van der Waals surface area contributed by atoms with Crippen LogP contribution in [0.5, 0.6) is 0 Å². The molecule has 84 valence electrons. The second-order valence-electron chi connectivity index (χ2n) is 2.69. The Kier molecular flexibility index (Phi) is 3.25. The lowest BCUT2D eigenvalue weighted by atomic mass is 10.3. The topological polar surface area (TPSA) is 80.9 Å². The van der Waals surface area contributed by atoms with Crippen molar-refractivity contribution in [1.82, 2.24) is 10.2 Å². The van der Waals surface area contributed by atoms with E-state index in [1.807, 2.05) is 0 Å². The van der Waals surface area contributed by atoms with Crippen LogP contribution in [0.1, 0.15) is 11.9 Å². The summed E-state index contributed by atoms with van der Waals surface area (Å²) in [5.74, 6) is -0.611. The van der Waals surface area contributed by atoms with Gasteiger partial charge < -0.3 is 5.73 Å². The maximum Gasteiger partial charge on any atom is 0.445 e. The van der Waals surface area contributed by atoms with Crippen LogP contribution in [0.2, 0.25) is 0 Å². The van der Waals surface area contributed by atoms with Gasteiger partial charge in [-0.05, 0) is 6.92 Å². The quantitative estimate of drug-likeness (QED) is 0.802. The molecule has 0 aromatic carbocycles. The molecular formula is C6H7F3N4OS. The number of nitrogens with one attached hydrogen (secondary N) is 1. The number of nitrogens with two attached hydrogens (primary N) is 1. The van der Waals surface area contributed by atoms with Crippen molar-refractivity contribution in [3.05, 3.63) is 5.01 Å². The van der Waals surface area contributed by atoms with E-state index in [0.717, 1.165) is 0 Å². The van der Waals surface area contributed by atoms with Crippen LogP contribution < -0.4 is 11.1 Å². The van der Waals surface area contributed by atoms with Crippen molar-refractivity contribution in [3.63, 3.8) is 0 Å². The molecule has 0 aliphatic heterocycles. The van der Waals surface area contributed by atoms with Crippen LogP contribution in [0.4, 0.5) is 18.3 Å². The first kappa shape index (κ1) is 11.9. The fraction of sp³-hybridized carbons (Fsp3) is 0.500. The summed E-state index contributed by atoms with van der Waals surface area (Å²) < 4.78 is 36.2. The molecule has 5 nitrogen and oxygen atoms in total. The number of carbonyl (C=O) groups excluding carboxylic acids is 1. The molecule has 1 aromatic heterocycles. The minimum atomic E-state index is -4.55. The number of carbonyl (C=O) groups is 1. The first-order valence-corrected chi connectivity index (χ1v) is 4.59. The van der Waals surface area contributed by atoms with E-state index in [9.17, 15) is 18.0 Å². The highest BCUT2D eigenvalue weighted by molar-refractivity contribution is 7.15. The Morgan fingerprint density at radius 1 is 1.53 bits per heavy atom. The van der Waals surface area contributed by atoms with E-state index in [4.69, 9.17) is 5.73 Å². The maximum absolute atomic E-state index is 12.1. The summed E-state index contributed by atoms with van der Waals surface area (Å²) in [4.78, 5) is 11.0. The summed E-state index contributed by atoms with van der Waals surface area (Å²) in [6.07, 6.45) is -4.55. The summed E-state index contributed by atoms with van der Waals surface area (Å²) in [6, 6.07) is -0.816. The zero-order valence-electron chi connectivity index (χ0n) is 7.50. The molecule has 1 atom stereocenters. The summed E-state index contributed by atoms with van der Waals surface area (Å²) >= 11 is 0.251. The van der Waals surface area contributed by atoms with Gasteiger partial charge in [-0.15, -0.1) is 10.2 Å². The highest BCUT2D eigenvalue weighted by Crippen LogP contribution is 2.32. The molecule has 0 spiro atoms. The molecule has 0 bridgehead atoms. The molecule has 0 radical (unpaired) electrons. The molecule has 0 aliphatic carbocycles. The van der Waals surface area contributed by atoms with Gasteiger partial charge in [0.2, 0.25) is 16.0 Å². The monoisotopic (exact) mass is 240 g/mol. The lowest BCUT2D eigenvalue weighted by Gasteiger charge is -2.02. The van der Waals surface area contributed by atoms with Gasteiger partial charge in [0, 0.05) is 0 Å². The molecule has 0 saturated carbocycles. The first-order chi connectivity index (χ1) is 6.80. The molecule has 1 aromatic rings. The van der Waals surface area contributed by atoms with E-state index in [0.29, 0.717) is 0 Å². The Morgan fingerprint density at radius 3 is 2.53 bits per heavy atom. The van der Waals surface area contributed by atoms with Crippen molar-refractivity contribution in [1.29, 1.82) is 0 Å².